The minimum Gasteiger partial charge on any atom is -0.480 e. The molecule has 1 aromatic carbocycles. The number of amides is 1. The lowest BCUT2D eigenvalue weighted by Crippen LogP contribution is -2.49. The lowest BCUT2D eigenvalue weighted by atomic mass is 10.1. The van der Waals surface area contributed by atoms with Crippen molar-refractivity contribution < 1.29 is 19.1 Å². The number of aliphatic carboxylic acids is 1. The van der Waals surface area contributed by atoms with Gasteiger partial charge in [0.1, 0.15) is 17.0 Å². The molecule has 0 spiro atoms. The molecular formula is C18H20FN3O3. The zero-order valence-corrected chi connectivity index (χ0v) is 14.4. The Morgan fingerprint density at radius 2 is 2.04 bits per heavy atom. The smallest absolute Gasteiger partial charge is 0.328 e. The van der Waals surface area contributed by atoms with Crippen LogP contribution in [0, 0.1) is 12.7 Å². The van der Waals surface area contributed by atoms with Crippen molar-refractivity contribution in [1.29, 1.82) is 0 Å². The van der Waals surface area contributed by atoms with Crippen LogP contribution in [0.15, 0.2) is 18.2 Å². The maximum Gasteiger partial charge on any atom is 0.328 e. The van der Waals surface area contributed by atoms with Crippen molar-refractivity contribution in [3.63, 3.8) is 0 Å². The van der Waals surface area contributed by atoms with E-state index in [1.807, 2.05) is 6.92 Å². The van der Waals surface area contributed by atoms with Gasteiger partial charge in [-0.05, 0) is 57.7 Å². The van der Waals surface area contributed by atoms with Gasteiger partial charge in [0.2, 0.25) is 0 Å². The molecule has 1 aliphatic rings. The highest BCUT2D eigenvalue weighted by Gasteiger charge is 2.33. The lowest BCUT2D eigenvalue weighted by Gasteiger charge is -2.20. The number of rotatable bonds is 4. The summed E-state index contributed by atoms with van der Waals surface area (Å²) in [6.45, 7) is 4.67. The summed E-state index contributed by atoms with van der Waals surface area (Å²) in [6.07, 6.45) is 2.22. The Labute approximate surface area is 144 Å². The van der Waals surface area contributed by atoms with Crippen molar-refractivity contribution in [3.05, 3.63) is 46.5 Å². The van der Waals surface area contributed by atoms with Crippen LogP contribution in [0.25, 0.3) is 5.69 Å². The van der Waals surface area contributed by atoms with Crippen LogP contribution >= 0.6 is 0 Å². The molecule has 1 aliphatic carbocycles. The number of hydrogen-bond donors (Lipinski definition) is 2. The van der Waals surface area contributed by atoms with Crippen LogP contribution < -0.4 is 5.32 Å². The first kappa shape index (κ1) is 17.1. The molecular weight excluding hydrogens is 325 g/mol. The largest absolute Gasteiger partial charge is 0.480 e. The Morgan fingerprint density at radius 3 is 2.72 bits per heavy atom. The number of nitrogens with one attached hydrogen (secondary N) is 1. The fourth-order valence-electron chi connectivity index (χ4n) is 3.00. The first-order chi connectivity index (χ1) is 11.7. The van der Waals surface area contributed by atoms with E-state index < -0.39 is 23.2 Å². The highest BCUT2D eigenvalue weighted by Crippen LogP contribution is 2.29. The van der Waals surface area contributed by atoms with Gasteiger partial charge < -0.3 is 10.4 Å². The van der Waals surface area contributed by atoms with E-state index in [0.717, 1.165) is 23.2 Å². The molecule has 3 rings (SSSR count). The molecule has 0 aliphatic heterocycles. The monoisotopic (exact) mass is 345 g/mol. The summed E-state index contributed by atoms with van der Waals surface area (Å²) in [5, 5.41) is 16.0. The standard InChI is InChI=1S/C18H20FN3O3/c1-10-7-8-12(19)14(9-10)22-13-6-4-5-11(13)15(21-22)16(23)20-18(2,3)17(24)25/h7-9H,4-6H2,1-3H3,(H,20,23)(H,24,25). The number of nitrogens with zero attached hydrogens (tertiary/aromatic N) is 2. The van der Waals surface area contributed by atoms with E-state index in [4.69, 9.17) is 0 Å². The van der Waals surface area contributed by atoms with Gasteiger partial charge in [-0.25, -0.2) is 13.9 Å². The number of aryl methyl sites for hydroxylation is 1. The predicted octanol–water partition coefficient (Wildman–Crippen LogP) is 2.40. The van der Waals surface area contributed by atoms with Crippen LogP contribution in [0.3, 0.4) is 0 Å². The van der Waals surface area contributed by atoms with E-state index in [2.05, 4.69) is 10.4 Å². The van der Waals surface area contributed by atoms with Gasteiger partial charge in [0.25, 0.3) is 5.91 Å². The van der Waals surface area contributed by atoms with Crippen LogP contribution in [0.5, 0.6) is 0 Å². The number of carboxylic acids is 1. The third kappa shape index (κ3) is 3.01. The van der Waals surface area contributed by atoms with E-state index in [-0.39, 0.29) is 5.69 Å². The summed E-state index contributed by atoms with van der Waals surface area (Å²) in [6, 6.07) is 4.73. The summed E-state index contributed by atoms with van der Waals surface area (Å²) in [5.74, 6) is -2.11. The lowest BCUT2D eigenvalue weighted by molar-refractivity contribution is -0.143. The van der Waals surface area contributed by atoms with E-state index in [0.29, 0.717) is 18.5 Å². The molecule has 2 aromatic rings. The molecule has 25 heavy (non-hydrogen) atoms. The number of fused-ring (bicyclic) bond motifs is 1. The van der Waals surface area contributed by atoms with E-state index in [1.54, 1.807) is 12.1 Å². The third-order valence-corrected chi connectivity index (χ3v) is 4.44. The summed E-state index contributed by atoms with van der Waals surface area (Å²) < 4.78 is 15.8. The molecule has 1 aromatic heterocycles. The fourth-order valence-corrected chi connectivity index (χ4v) is 3.00. The predicted molar refractivity (Wildman–Crippen MR) is 89.5 cm³/mol. The zero-order chi connectivity index (χ0) is 18.4. The average Bonchev–Trinajstić information content (AvgIpc) is 3.11. The quantitative estimate of drug-likeness (QED) is 0.891. The van der Waals surface area contributed by atoms with E-state index >= 15 is 0 Å². The Morgan fingerprint density at radius 1 is 1.32 bits per heavy atom. The van der Waals surface area contributed by atoms with Gasteiger partial charge >= 0.3 is 5.97 Å². The average molecular weight is 345 g/mol. The highest BCUT2D eigenvalue weighted by atomic mass is 19.1. The number of benzene rings is 1. The Balaban J connectivity index is 2.05. The summed E-state index contributed by atoms with van der Waals surface area (Å²) >= 11 is 0. The van der Waals surface area contributed by atoms with Crippen LogP contribution in [0.1, 0.15) is 47.6 Å². The van der Waals surface area contributed by atoms with Gasteiger partial charge in [-0.2, -0.15) is 5.10 Å². The van der Waals surface area contributed by atoms with Crippen molar-refractivity contribution in [2.24, 2.45) is 0 Å². The first-order valence-corrected chi connectivity index (χ1v) is 8.14. The number of carbonyl (C=O) groups excluding carboxylic acids is 1. The molecule has 2 N–H and O–H groups in total. The summed E-state index contributed by atoms with van der Waals surface area (Å²) in [5.41, 5.74) is 1.51. The topological polar surface area (TPSA) is 84.2 Å². The van der Waals surface area contributed by atoms with E-state index in [9.17, 15) is 19.1 Å². The molecule has 1 amide bonds. The van der Waals surface area contributed by atoms with Crippen LogP contribution in [0.4, 0.5) is 4.39 Å². The van der Waals surface area contributed by atoms with Crippen LogP contribution in [0.2, 0.25) is 0 Å². The van der Waals surface area contributed by atoms with Crippen molar-refractivity contribution in [2.45, 2.75) is 45.6 Å². The third-order valence-electron chi connectivity index (χ3n) is 4.44. The minimum absolute atomic E-state index is 0.169. The summed E-state index contributed by atoms with van der Waals surface area (Å²) in [4.78, 5) is 23.8. The molecule has 132 valence electrons. The van der Waals surface area contributed by atoms with Gasteiger partial charge in [-0.3, -0.25) is 4.79 Å². The Kier molecular flexibility index (Phi) is 4.10. The van der Waals surface area contributed by atoms with Crippen LogP contribution in [-0.4, -0.2) is 32.3 Å². The molecule has 0 saturated heterocycles. The van der Waals surface area contributed by atoms with Gasteiger partial charge in [0, 0.05) is 11.3 Å². The van der Waals surface area contributed by atoms with Gasteiger partial charge in [-0.15, -0.1) is 0 Å². The molecule has 0 radical (unpaired) electrons. The molecule has 0 atom stereocenters. The van der Waals surface area contributed by atoms with Crippen molar-refractivity contribution in [1.82, 2.24) is 15.1 Å². The van der Waals surface area contributed by atoms with Crippen LogP contribution in [-0.2, 0) is 17.6 Å². The normalized spacial score (nSPS) is 13.6. The first-order valence-electron chi connectivity index (χ1n) is 8.14. The maximum absolute atomic E-state index is 14.3. The second kappa shape index (κ2) is 5.98. The summed E-state index contributed by atoms with van der Waals surface area (Å²) in [7, 11) is 0. The number of carbonyl (C=O) groups is 2. The van der Waals surface area contributed by atoms with Gasteiger partial charge in [0.15, 0.2) is 5.69 Å². The van der Waals surface area contributed by atoms with E-state index in [1.165, 1.54) is 24.6 Å². The van der Waals surface area contributed by atoms with Gasteiger partial charge in [-0.1, -0.05) is 6.07 Å². The maximum atomic E-state index is 14.3. The number of hydrogen-bond acceptors (Lipinski definition) is 3. The van der Waals surface area contributed by atoms with Crippen molar-refractivity contribution in [2.75, 3.05) is 0 Å². The SMILES string of the molecule is Cc1ccc(F)c(-n2nc(C(=O)NC(C)(C)C(=O)O)c3c2CCC3)c1. The second-order valence-electron chi connectivity index (χ2n) is 6.88. The Bertz CT molecular complexity index is 871. The molecule has 0 unspecified atom stereocenters. The molecule has 0 fully saturated rings. The number of aromatic nitrogens is 2. The van der Waals surface area contributed by atoms with Crippen molar-refractivity contribution >= 4 is 11.9 Å². The highest BCUT2D eigenvalue weighted by molar-refractivity contribution is 5.97. The molecule has 0 saturated carbocycles. The molecule has 0 bridgehead atoms. The number of carboxylic acid groups (broad SMARTS) is 1. The molecule has 1 heterocycles. The fraction of sp³-hybridized carbons (Fsp3) is 0.389. The van der Waals surface area contributed by atoms with Gasteiger partial charge in [0.05, 0.1) is 0 Å². The molecule has 7 heteroatoms. The zero-order valence-electron chi connectivity index (χ0n) is 14.4. The number of halogens is 1. The minimum atomic E-state index is -1.42. The van der Waals surface area contributed by atoms with Crippen molar-refractivity contribution in [3.8, 4) is 5.69 Å². The second-order valence-corrected chi connectivity index (χ2v) is 6.88. The Hall–Kier alpha value is -2.70. The molecule has 6 nitrogen and oxygen atoms in total.